The van der Waals surface area contributed by atoms with Crippen molar-refractivity contribution in [3.05, 3.63) is 23.5 Å². The first-order valence-corrected chi connectivity index (χ1v) is 13.5. The van der Waals surface area contributed by atoms with E-state index in [1.807, 2.05) is 6.92 Å². The summed E-state index contributed by atoms with van der Waals surface area (Å²) in [6.07, 6.45) is 2.82. The minimum Gasteiger partial charge on any atom is -0.381 e. The normalized spacial score (nSPS) is 24.2. The van der Waals surface area contributed by atoms with Gasteiger partial charge in [-0.1, -0.05) is 11.3 Å². The van der Waals surface area contributed by atoms with Crippen molar-refractivity contribution >= 4 is 32.7 Å². The Morgan fingerprint density at radius 3 is 2.79 bits per heavy atom. The number of rotatable bonds is 6. The van der Waals surface area contributed by atoms with Crippen LogP contribution in [0.15, 0.2) is 23.4 Å². The fraction of sp³-hybridized carbons (Fsp3) is 0.571. The molecule has 0 spiro atoms. The van der Waals surface area contributed by atoms with Crippen molar-refractivity contribution in [1.82, 2.24) is 24.3 Å². The highest BCUT2D eigenvalue weighted by molar-refractivity contribution is 7.89. The van der Waals surface area contributed by atoms with E-state index in [1.54, 1.807) is 10.5 Å². The first-order valence-electron chi connectivity index (χ1n) is 11.2. The van der Waals surface area contributed by atoms with Gasteiger partial charge >= 0.3 is 0 Å². The number of sulfonamides is 1. The third-order valence-electron chi connectivity index (χ3n) is 6.99. The van der Waals surface area contributed by atoms with Crippen molar-refractivity contribution in [2.45, 2.75) is 43.0 Å². The summed E-state index contributed by atoms with van der Waals surface area (Å²) < 4.78 is 62.9. The quantitative estimate of drug-likeness (QED) is 0.544. The number of halogens is 2. The van der Waals surface area contributed by atoms with E-state index in [1.165, 1.54) is 12.4 Å². The second-order valence-electron chi connectivity index (χ2n) is 9.60. The minimum absolute atomic E-state index is 0.103. The number of hydrogen-bond donors (Lipinski definition) is 1. The van der Waals surface area contributed by atoms with Gasteiger partial charge in [0, 0.05) is 37.4 Å². The van der Waals surface area contributed by atoms with Crippen molar-refractivity contribution < 1.29 is 21.9 Å². The van der Waals surface area contributed by atoms with Gasteiger partial charge < -0.3 is 9.64 Å². The van der Waals surface area contributed by atoms with Crippen LogP contribution in [0.2, 0.25) is 0 Å². The highest BCUT2D eigenvalue weighted by Crippen LogP contribution is 2.39. The second kappa shape index (κ2) is 7.90. The van der Waals surface area contributed by atoms with Gasteiger partial charge in [-0.2, -0.15) is 0 Å². The fourth-order valence-electron chi connectivity index (χ4n) is 4.76. The molecule has 0 bridgehead atoms. The monoisotopic (exact) mass is 510 g/mol. The van der Waals surface area contributed by atoms with Gasteiger partial charge in [0.2, 0.25) is 10.0 Å². The van der Waals surface area contributed by atoms with E-state index < -0.39 is 22.0 Å². The van der Waals surface area contributed by atoms with Crippen molar-refractivity contribution in [1.29, 1.82) is 0 Å². The molecule has 1 N–H and O–H groups in total. The average Bonchev–Trinajstić information content (AvgIpc) is 3.25. The predicted octanol–water partition coefficient (Wildman–Crippen LogP) is 3.09. The molecule has 34 heavy (non-hydrogen) atoms. The summed E-state index contributed by atoms with van der Waals surface area (Å²) in [6, 6.07) is 1.67. The maximum atomic E-state index is 13.3. The van der Waals surface area contributed by atoms with Gasteiger partial charge in [0.05, 0.1) is 18.5 Å². The van der Waals surface area contributed by atoms with Crippen molar-refractivity contribution in [2.75, 3.05) is 31.2 Å². The topological polar surface area (TPSA) is 102 Å². The first kappa shape index (κ1) is 22.3. The number of pyridine rings is 1. The third-order valence-corrected chi connectivity index (χ3v) is 9.55. The Morgan fingerprint density at radius 2 is 2.06 bits per heavy atom. The Kier molecular flexibility index (Phi) is 5.17. The van der Waals surface area contributed by atoms with Crippen LogP contribution in [0.1, 0.15) is 37.6 Å². The lowest BCUT2D eigenvalue weighted by molar-refractivity contribution is 0.150. The van der Waals surface area contributed by atoms with E-state index in [2.05, 4.69) is 24.8 Å². The Labute approximate surface area is 199 Å². The number of fused-ring (bicyclic) bond motifs is 2. The highest BCUT2D eigenvalue weighted by Gasteiger charge is 2.42. The van der Waals surface area contributed by atoms with E-state index in [9.17, 15) is 17.2 Å². The standard InChI is InChI=1S/C21H24F2N6O3S2/c1-21(3-4-21)27-34(30,31)14-6-15(28-5-2-12-10-32-11-13(12)8-28)18-24-7-16(29(18)9-14)19-25-26-20(33-19)17(22)23/h6-7,9,12-13,17,27H,2-5,8,10-11H2,1H3/t12-,13+/m1/s1. The van der Waals surface area contributed by atoms with Crippen molar-refractivity contribution in [3.63, 3.8) is 0 Å². The van der Waals surface area contributed by atoms with Crippen molar-refractivity contribution in [3.8, 4) is 10.7 Å². The van der Waals surface area contributed by atoms with Gasteiger partial charge in [-0.3, -0.25) is 4.40 Å². The van der Waals surface area contributed by atoms with Crippen LogP contribution in [0.5, 0.6) is 0 Å². The number of piperidine rings is 1. The number of imidazole rings is 1. The molecule has 3 aromatic rings. The highest BCUT2D eigenvalue weighted by atomic mass is 32.2. The summed E-state index contributed by atoms with van der Waals surface area (Å²) >= 11 is 0.773. The number of nitrogens with zero attached hydrogens (tertiary/aromatic N) is 5. The molecule has 182 valence electrons. The van der Waals surface area contributed by atoms with E-state index in [-0.39, 0.29) is 14.9 Å². The molecule has 9 nitrogen and oxygen atoms in total. The number of anilines is 1. The molecule has 1 saturated carbocycles. The number of alkyl halides is 2. The Morgan fingerprint density at radius 1 is 1.26 bits per heavy atom. The molecule has 1 aliphatic carbocycles. The lowest BCUT2D eigenvalue weighted by Crippen LogP contribution is -2.40. The molecule has 5 heterocycles. The number of nitrogens with one attached hydrogen (secondary N) is 1. The lowest BCUT2D eigenvalue weighted by atomic mass is 9.88. The molecule has 0 amide bonds. The summed E-state index contributed by atoms with van der Waals surface area (Å²) in [7, 11) is -3.81. The summed E-state index contributed by atoms with van der Waals surface area (Å²) in [5.41, 5.74) is 1.24. The van der Waals surface area contributed by atoms with Crippen LogP contribution in [0.3, 0.4) is 0 Å². The van der Waals surface area contributed by atoms with E-state index in [4.69, 9.17) is 4.74 Å². The van der Waals surface area contributed by atoms with Gasteiger partial charge in [0.1, 0.15) is 10.6 Å². The van der Waals surface area contributed by atoms with Crippen LogP contribution >= 0.6 is 11.3 Å². The summed E-state index contributed by atoms with van der Waals surface area (Å²) in [6.45, 7) is 4.83. The van der Waals surface area contributed by atoms with Gasteiger partial charge in [-0.15, -0.1) is 10.2 Å². The van der Waals surface area contributed by atoms with E-state index in [0.717, 1.165) is 50.3 Å². The molecule has 0 aromatic carbocycles. The maximum Gasteiger partial charge on any atom is 0.291 e. The molecule has 3 aliphatic rings. The maximum absolute atomic E-state index is 13.3. The molecule has 0 radical (unpaired) electrons. The molecular formula is C21H24F2N6O3S2. The molecule has 2 saturated heterocycles. The van der Waals surface area contributed by atoms with Gasteiger partial charge in [0.25, 0.3) is 6.43 Å². The van der Waals surface area contributed by atoms with Crippen LogP contribution in [-0.2, 0) is 14.8 Å². The van der Waals surface area contributed by atoms with Crippen molar-refractivity contribution in [2.24, 2.45) is 11.8 Å². The Bertz CT molecular complexity index is 1350. The zero-order chi connectivity index (χ0) is 23.7. The largest absolute Gasteiger partial charge is 0.381 e. The first-order chi connectivity index (χ1) is 16.2. The molecule has 2 aliphatic heterocycles. The van der Waals surface area contributed by atoms with E-state index in [0.29, 0.717) is 35.5 Å². The summed E-state index contributed by atoms with van der Waals surface area (Å²) in [5, 5.41) is 7.36. The predicted molar refractivity (Wildman–Crippen MR) is 122 cm³/mol. The Hall–Kier alpha value is -2.22. The molecule has 3 aromatic heterocycles. The fourth-order valence-corrected chi connectivity index (χ4v) is 6.95. The molecule has 2 atom stereocenters. The molecule has 0 unspecified atom stereocenters. The van der Waals surface area contributed by atoms with Crippen LogP contribution in [-0.4, -0.2) is 59.8 Å². The summed E-state index contributed by atoms with van der Waals surface area (Å²) in [5.74, 6) is 0.892. The molecule has 6 rings (SSSR count). The smallest absolute Gasteiger partial charge is 0.291 e. The van der Waals surface area contributed by atoms with Gasteiger partial charge in [-0.05, 0) is 38.2 Å². The number of ether oxygens (including phenoxy) is 1. The minimum atomic E-state index is -3.81. The van der Waals surface area contributed by atoms with E-state index >= 15 is 0 Å². The van der Waals surface area contributed by atoms with Crippen LogP contribution in [0.25, 0.3) is 16.3 Å². The van der Waals surface area contributed by atoms with Crippen LogP contribution in [0.4, 0.5) is 14.5 Å². The zero-order valence-electron chi connectivity index (χ0n) is 18.4. The van der Waals surface area contributed by atoms with Gasteiger partial charge in [-0.25, -0.2) is 26.9 Å². The van der Waals surface area contributed by atoms with Crippen LogP contribution < -0.4 is 9.62 Å². The SMILES string of the molecule is CC1(NS(=O)(=O)c2cc(N3CC[C@@H]4COC[C@@H]4C3)c3ncc(-c4nnc(C(F)F)s4)n3c2)CC1. The third kappa shape index (κ3) is 3.88. The average molecular weight is 511 g/mol. The lowest BCUT2D eigenvalue weighted by Gasteiger charge is -2.35. The Balaban J connectivity index is 1.47. The number of aromatic nitrogens is 4. The second-order valence-corrected chi connectivity index (χ2v) is 12.3. The molecule has 13 heteroatoms. The van der Waals surface area contributed by atoms with Gasteiger partial charge in [0.15, 0.2) is 15.7 Å². The molecule has 3 fully saturated rings. The molecular weight excluding hydrogens is 486 g/mol. The number of hydrogen-bond acceptors (Lipinski definition) is 8. The van der Waals surface area contributed by atoms with Crippen LogP contribution in [0, 0.1) is 11.8 Å². The summed E-state index contributed by atoms with van der Waals surface area (Å²) in [4.78, 5) is 6.81. The zero-order valence-corrected chi connectivity index (χ0v) is 20.1.